The van der Waals surface area contributed by atoms with Gasteiger partial charge in [-0.3, -0.25) is 14.5 Å². The molecule has 2 aliphatic heterocycles. The van der Waals surface area contributed by atoms with Crippen LogP contribution >= 0.6 is 0 Å². The summed E-state index contributed by atoms with van der Waals surface area (Å²) >= 11 is 0. The number of fused-ring (bicyclic) bond motifs is 1. The lowest BCUT2D eigenvalue weighted by atomic mass is 9.89. The standard InChI is InChI=1S/C25H28N4O5S/c1-25(19-11-10-17-6-4-7-18(17)14-19)23(31)29(24(32)27-25)16-22(30)26-20-8-5-9-21(15-20)35(33,34)28-12-2-3-13-28/h5,8-11,14-15H,2-4,6-7,12-13,16H2,1H3,(H,26,30)(H,27,32). The molecule has 10 heteroatoms. The predicted molar refractivity (Wildman–Crippen MR) is 129 cm³/mol. The van der Waals surface area contributed by atoms with Crippen molar-refractivity contribution in [3.05, 3.63) is 59.2 Å². The molecule has 2 aromatic carbocycles. The average molecular weight is 497 g/mol. The van der Waals surface area contributed by atoms with E-state index in [0.717, 1.165) is 37.0 Å². The fraction of sp³-hybridized carbons (Fsp3) is 0.400. The highest BCUT2D eigenvalue weighted by Crippen LogP contribution is 2.32. The number of hydrogen-bond acceptors (Lipinski definition) is 5. The van der Waals surface area contributed by atoms with Crippen LogP contribution in [0.2, 0.25) is 0 Å². The highest BCUT2D eigenvalue weighted by atomic mass is 32.2. The summed E-state index contributed by atoms with van der Waals surface area (Å²) in [5.41, 5.74) is 2.17. The van der Waals surface area contributed by atoms with Crippen molar-refractivity contribution in [2.24, 2.45) is 0 Å². The Balaban J connectivity index is 1.29. The molecule has 1 aliphatic carbocycles. The van der Waals surface area contributed by atoms with Crippen LogP contribution in [0.3, 0.4) is 0 Å². The van der Waals surface area contributed by atoms with Crippen LogP contribution in [0.15, 0.2) is 47.4 Å². The molecule has 9 nitrogen and oxygen atoms in total. The van der Waals surface area contributed by atoms with Gasteiger partial charge < -0.3 is 10.6 Å². The molecule has 2 N–H and O–H groups in total. The van der Waals surface area contributed by atoms with Crippen molar-refractivity contribution >= 4 is 33.6 Å². The Kier molecular flexibility index (Phi) is 5.88. The number of benzene rings is 2. The summed E-state index contributed by atoms with van der Waals surface area (Å²) in [6.45, 7) is 2.13. The number of aryl methyl sites for hydroxylation is 2. The lowest BCUT2D eigenvalue weighted by molar-refractivity contribution is -0.133. The predicted octanol–water partition coefficient (Wildman–Crippen LogP) is 2.37. The Labute approximate surface area is 204 Å². The normalized spacial score (nSPS) is 22.4. The zero-order chi connectivity index (χ0) is 24.8. The van der Waals surface area contributed by atoms with Crippen LogP contribution in [0, 0.1) is 0 Å². The zero-order valence-electron chi connectivity index (χ0n) is 19.5. The van der Waals surface area contributed by atoms with Gasteiger partial charge in [0.25, 0.3) is 5.91 Å². The summed E-state index contributed by atoms with van der Waals surface area (Å²) in [4.78, 5) is 39.6. The van der Waals surface area contributed by atoms with Gasteiger partial charge in [0.05, 0.1) is 4.90 Å². The van der Waals surface area contributed by atoms with Crippen molar-refractivity contribution in [3.8, 4) is 0 Å². The molecule has 2 heterocycles. The number of urea groups is 1. The number of nitrogens with zero attached hydrogens (tertiary/aromatic N) is 2. The van der Waals surface area contributed by atoms with E-state index in [4.69, 9.17) is 0 Å². The molecule has 2 saturated heterocycles. The number of rotatable bonds is 6. The monoisotopic (exact) mass is 496 g/mol. The summed E-state index contributed by atoms with van der Waals surface area (Å²) in [5.74, 6) is -1.09. The lowest BCUT2D eigenvalue weighted by Crippen LogP contribution is -2.42. The molecule has 3 aliphatic rings. The molecule has 0 spiro atoms. The van der Waals surface area contributed by atoms with E-state index in [-0.39, 0.29) is 10.6 Å². The minimum Gasteiger partial charge on any atom is -0.324 e. The fourth-order valence-electron chi connectivity index (χ4n) is 5.08. The van der Waals surface area contributed by atoms with Crippen LogP contribution < -0.4 is 10.6 Å². The number of carbonyl (C=O) groups is 3. The summed E-state index contributed by atoms with van der Waals surface area (Å²) in [6.07, 6.45) is 4.68. The van der Waals surface area contributed by atoms with Gasteiger partial charge >= 0.3 is 6.03 Å². The molecule has 2 fully saturated rings. The Bertz CT molecular complexity index is 1320. The maximum Gasteiger partial charge on any atom is 0.325 e. The van der Waals surface area contributed by atoms with Gasteiger partial charge in [0.2, 0.25) is 15.9 Å². The third-order valence-corrected chi connectivity index (χ3v) is 8.97. The second kappa shape index (κ2) is 8.76. The first-order chi connectivity index (χ1) is 16.7. The van der Waals surface area contributed by atoms with E-state index in [1.165, 1.54) is 27.6 Å². The fourth-order valence-corrected chi connectivity index (χ4v) is 6.64. The smallest absolute Gasteiger partial charge is 0.324 e. The van der Waals surface area contributed by atoms with Crippen LogP contribution in [0.1, 0.15) is 42.9 Å². The van der Waals surface area contributed by atoms with Crippen molar-refractivity contribution in [2.75, 3.05) is 25.0 Å². The van der Waals surface area contributed by atoms with Crippen LogP contribution in [-0.4, -0.2) is 55.1 Å². The number of amides is 4. The highest BCUT2D eigenvalue weighted by molar-refractivity contribution is 7.89. The molecule has 35 heavy (non-hydrogen) atoms. The molecule has 0 radical (unpaired) electrons. The van der Waals surface area contributed by atoms with Gasteiger partial charge in [0.1, 0.15) is 12.1 Å². The van der Waals surface area contributed by atoms with Crippen LogP contribution in [0.4, 0.5) is 10.5 Å². The first-order valence-corrected chi connectivity index (χ1v) is 13.3. The molecular weight excluding hydrogens is 468 g/mol. The molecular formula is C25H28N4O5S. The summed E-state index contributed by atoms with van der Waals surface area (Å²) in [5, 5.41) is 5.36. The summed E-state index contributed by atoms with van der Waals surface area (Å²) < 4.78 is 27.1. The number of sulfonamides is 1. The van der Waals surface area contributed by atoms with Crippen LogP contribution in [-0.2, 0) is 38.0 Å². The lowest BCUT2D eigenvalue weighted by Gasteiger charge is -2.23. The molecule has 0 aromatic heterocycles. The summed E-state index contributed by atoms with van der Waals surface area (Å²) in [7, 11) is -3.63. The van der Waals surface area contributed by atoms with E-state index in [1.54, 1.807) is 19.1 Å². The second-order valence-corrected chi connectivity index (χ2v) is 11.4. The Hall–Kier alpha value is -3.24. The van der Waals surface area contributed by atoms with Gasteiger partial charge in [-0.15, -0.1) is 0 Å². The minimum absolute atomic E-state index is 0.0939. The maximum absolute atomic E-state index is 13.2. The average Bonchev–Trinajstić information content (AvgIpc) is 3.57. The summed E-state index contributed by atoms with van der Waals surface area (Å²) in [6, 6.07) is 11.2. The molecule has 4 amide bonds. The molecule has 2 aromatic rings. The minimum atomic E-state index is -3.63. The van der Waals surface area contributed by atoms with Crippen molar-refractivity contribution < 1.29 is 22.8 Å². The Morgan fingerprint density at radius 3 is 2.54 bits per heavy atom. The third-order valence-electron chi connectivity index (χ3n) is 7.07. The van der Waals surface area contributed by atoms with Crippen LogP contribution in [0.25, 0.3) is 0 Å². The first kappa shape index (κ1) is 23.5. The van der Waals surface area contributed by atoms with E-state index >= 15 is 0 Å². The molecule has 5 rings (SSSR count). The molecule has 0 bridgehead atoms. The molecule has 0 saturated carbocycles. The van der Waals surface area contributed by atoms with Crippen molar-refractivity contribution in [1.29, 1.82) is 0 Å². The van der Waals surface area contributed by atoms with Gasteiger partial charge in [-0.2, -0.15) is 4.31 Å². The highest BCUT2D eigenvalue weighted by Gasteiger charge is 2.49. The second-order valence-electron chi connectivity index (χ2n) is 9.47. The van der Waals surface area contributed by atoms with Gasteiger partial charge in [-0.1, -0.05) is 24.3 Å². The number of anilines is 1. The van der Waals surface area contributed by atoms with Gasteiger partial charge in [0, 0.05) is 18.8 Å². The van der Waals surface area contributed by atoms with E-state index in [0.29, 0.717) is 18.7 Å². The van der Waals surface area contributed by atoms with Gasteiger partial charge in [-0.05, 0) is 73.9 Å². The zero-order valence-corrected chi connectivity index (χ0v) is 20.4. The van der Waals surface area contributed by atoms with Gasteiger partial charge in [-0.25, -0.2) is 13.2 Å². The van der Waals surface area contributed by atoms with E-state index in [2.05, 4.69) is 10.6 Å². The van der Waals surface area contributed by atoms with Crippen molar-refractivity contribution in [1.82, 2.24) is 14.5 Å². The topological polar surface area (TPSA) is 116 Å². The number of hydrogen-bond donors (Lipinski definition) is 2. The van der Waals surface area contributed by atoms with Gasteiger partial charge in [0.15, 0.2) is 0 Å². The SMILES string of the molecule is CC1(c2ccc3c(c2)CCC3)NC(=O)N(CC(=O)Nc2cccc(S(=O)(=O)N3CCCC3)c2)C1=O. The quantitative estimate of drug-likeness (QED) is 0.596. The van der Waals surface area contributed by atoms with Crippen molar-refractivity contribution in [3.63, 3.8) is 0 Å². The Morgan fingerprint density at radius 1 is 1.03 bits per heavy atom. The first-order valence-electron chi connectivity index (χ1n) is 11.8. The number of nitrogens with one attached hydrogen (secondary N) is 2. The van der Waals surface area contributed by atoms with E-state index in [9.17, 15) is 22.8 Å². The Morgan fingerprint density at radius 2 is 1.77 bits per heavy atom. The molecule has 184 valence electrons. The number of imide groups is 1. The number of carbonyl (C=O) groups excluding carboxylic acids is 3. The van der Waals surface area contributed by atoms with E-state index in [1.807, 2.05) is 18.2 Å². The van der Waals surface area contributed by atoms with E-state index < -0.39 is 40.0 Å². The van der Waals surface area contributed by atoms with Crippen LogP contribution in [0.5, 0.6) is 0 Å². The third kappa shape index (κ3) is 4.21. The maximum atomic E-state index is 13.2. The molecule has 1 unspecified atom stereocenters. The molecule has 1 atom stereocenters. The largest absolute Gasteiger partial charge is 0.325 e. The van der Waals surface area contributed by atoms with Crippen molar-refractivity contribution in [2.45, 2.75) is 49.5 Å².